The number of nitrogens with zero attached hydrogens (tertiary/aromatic N) is 2. The Balaban J connectivity index is 1.08. The van der Waals surface area contributed by atoms with Gasteiger partial charge in [0, 0.05) is 30.7 Å². The number of nitrogens with one attached hydrogen (secondary N) is 1. The lowest BCUT2D eigenvalue weighted by Gasteiger charge is -2.55. The fraction of sp³-hybridized carbons (Fsp3) is 0.667. The van der Waals surface area contributed by atoms with Crippen LogP contribution in [0.2, 0.25) is 0 Å². The number of hydrogen-bond donors (Lipinski definition) is 1. The van der Waals surface area contributed by atoms with Crippen LogP contribution in [-0.2, 0) is 0 Å². The third-order valence-corrected chi connectivity index (χ3v) is 8.27. The van der Waals surface area contributed by atoms with Gasteiger partial charge in [0.15, 0.2) is 0 Å². The van der Waals surface area contributed by atoms with E-state index in [1.807, 2.05) is 0 Å². The molecule has 0 saturated carbocycles. The fourth-order valence-electron chi connectivity index (χ4n) is 6.89. The van der Waals surface area contributed by atoms with Crippen molar-refractivity contribution in [2.24, 2.45) is 11.8 Å². The van der Waals surface area contributed by atoms with E-state index in [1.165, 1.54) is 63.7 Å². The molecule has 0 spiro atoms. The molecule has 1 aromatic rings. The van der Waals surface area contributed by atoms with Gasteiger partial charge >= 0.3 is 6.36 Å². The van der Waals surface area contributed by atoms with Gasteiger partial charge in [-0.15, -0.1) is 13.2 Å². The van der Waals surface area contributed by atoms with Crippen LogP contribution in [0, 0.1) is 11.8 Å². The van der Waals surface area contributed by atoms with E-state index in [-0.39, 0.29) is 11.7 Å². The maximum atomic E-state index is 12.3. The summed E-state index contributed by atoms with van der Waals surface area (Å²) in [5.41, 5.74) is 2.02. The summed E-state index contributed by atoms with van der Waals surface area (Å²) in [5.74, 6) is 0.901. The Kier molecular flexibility index (Phi) is 7.39. The van der Waals surface area contributed by atoms with Crippen LogP contribution in [0.5, 0.6) is 5.75 Å². The van der Waals surface area contributed by atoms with Crippen LogP contribution >= 0.6 is 0 Å². The Bertz CT molecular complexity index is 917. The first-order chi connectivity index (χ1) is 16.9. The SMILES string of the molecule is O=C(NCCCCN1CCCC2=C[C@H]3C[C@H](CN4CCCC[C@H]34)[C@@H]21)c1ccc(OC(F)(F)F)cc1. The number of halogens is 3. The molecule has 4 atom stereocenters. The number of piperidine rings is 3. The highest BCUT2D eigenvalue weighted by Gasteiger charge is 2.45. The van der Waals surface area contributed by atoms with Gasteiger partial charge in [0.25, 0.3) is 5.91 Å². The molecule has 192 valence electrons. The van der Waals surface area contributed by atoms with E-state index >= 15 is 0 Å². The second-order valence-corrected chi connectivity index (χ2v) is 10.6. The van der Waals surface area contributed by atoms with Gasteiger partial charge in [-0.25, -0.2) is 0 Å². The number of carbonyl (C=O) groups is 1. The molecule has 0 unspecified atom stereocenters. The molecular weight excluding hydrogens is 455 g/mol. The predicted octanol–water partition coefficient (Wildman–Crippen LogP) is 4.99. The van der Waals surface area contributed by atoms with Crippen molar-refractivity contribution in [3.63, 3.8) is 0 Å². The second kappa shape index (κ2) is 10.5. The highest BCUT2D eigenvalue weighted by atomic mass is 19.4. The minimum Gasteiger partial charge on any atom is -0.406 e. The zero-order valence-corrected chi connectivity index (χ0v) is 20.2. The molecule has 1 aromatic carbocycles. The molecule has 0 radical (unpaired) electrons. The number of fused-ring (bicyclic) bond motifs is 6. The molecule has 4 aliphatic rings. The molecule has 0 aromatic heterocycles. The average molecular weight is 492 g/mol. The smallest absolute Gasteiger partial charge is 0.406 e. The van der Waals surface area contributed by atoms with Gasteiger partial charge in [0.2, 0.25) is 0 Å². The van der Waals surface area contributed by atoms with E-state index in [0.29, 0.717) is 18.2 Å². The lowest BCUT2D eigenvalue weighted by molar-refractivity contribution is -0.274. The van der Waals surface area contributed by atoms with E-state index < -0.39 is 6.36 Å². The summed E-state index contributed by atoms with van der Waals surface area (Å²) in [5, 5.41) is 2.89. The summed E-state index contributed by atoms with van der Waals surface area (Å²) in [6.45, 7) is 5.28. The van der Waals surface area contributed by atoms with Crippen LogP contribution in [-0.4, -0.2) is 66.9 Å². The quantitative estimate of drug-likeness (QED) is 0.431. The first kappa shape index (κ1) is 24.6. The molecule has 5 rings (SSSR count). The van der Waals surface area contributed by atoms with Gasteiger partial charge in [-0.05, 0) is 101 Å². The Morgan fingerprint density at radius 2 is 1.91 bits per heavy atom. The standard InChI is InChI=1S/C27H36F3N3O2/c28-27(29,30)35-23-10-8-19(9-11-23)26(34)31-12-2-4-13-32-15-5-6-20-16-21-17-22(25(20)32)18-33-14-3-1-7-24(21)33/h8-11,16,21-22,24-25H,1-7,12-15,17-18H2,(H,31,34)/t21-,22+,24+,25+/m0/s1. The third kappa shape index (κ3) is 5.85. The van der Waals surface area contributed by atoms with Crippen molar-refractivity contribution in [2.45, 2.75) is 69.8 Å². The summed E-state index contributed by atoms with van der Waals surface area (Å²) in [6, 6.07) is 6.40. The maximum Gasteiger partial charge on any atom is 0.573 e. The number of carbonyl (C=O) groups excluding carboxylic acids is 1. The molecule has 1 aliphatic carbocycles. The van der Waals surface area contributed by atoms with Gasteiger partial charge in [0.1, 0.15) is 5.75 Å². The number of hydrogen-bond acceptors (Lipinski definition) is 4. The fourth-order valence-corrected chi connectivity index (χ4v) is 6.89. The summed E-state index contributed by atoms with van der Waals surface area (Å²) in [4.78, 5) is 17.8. The van der Waals surface area contributed by atoms with Crippen molar-refractivity contribution in [3.05, 3.63) is 41.5 Å². The zero-order chi connectivity index (χ0) is 24.4. The summed E-state index contributed by atoms with van der Waals surface area (Å²) in [7, 11) is 0. The van der Waals surface area contributed by atoms with Gasteiger partial charge < -0.3 is 10.1 Å². The van der Waals surface area contributed by atoms with Crippen LogP contribution in [0.15, 0.2) is 35.9 Å². The van der Waals surface area contributed by atoms with E-state index in [2.05, 4.69) is 25.9 Å². The van der Waals surface area contributed by atoms with Crippen molar-refractivity contribution in [3.8, 4) is 5.75 Å². The monoisotopic (exact) mass is 491 g/mol. The zero-order valence-electron chi connectivity index (χ0n) is 20.2. The Hall–Kier alpha value is -2.06. The van der Waals surface area contributed by atoms with E-state index in [9.17, 15) is 18.0 Å². The Labute approximate surface area is 205 Å². The van der Waals surface area contributed by atoms with Gasteiger partial charge in [-0.3, -0.25) is 14.6 Å². The molecule has 2 bridgehead atoms. The number of ether oxygens (including phenoxy) is 1. The van der Waals surface area contributed by atoms with Crippen molar-refractivity contribution in [1.29, 1.82) is 0 Å². The lowest BCUT2D eigenvalue weighted by Crippen LogP contribution is -2.59. The largest absolute Gasteiger partial charge is 0.573 e. The van der Waals surface area contributed by atoms with Gasteiger partial charge in [-0.1, -0.05) is 18.1 Å². The van der Waals surface area contributed by atoms with Crippen molar-refractivity contribution in [1.82, 2.24) is 15.1 Å². The first-order valence-electron chi connectivity index (χ1n) is 13.2. The molecule has 1 amide bonds. The van der Waals surface area contributed by atoms with Crippen LogP contribution in [0.3, 0.4) is 0 Å². The second-order valence-electron chi connectivity index (χ2n) is 10.6. The van der Waals surface area contributed by atoms with Crippen molar-refractivity contribution < 1.29 is 22.7 Å². The van der Waals surface area contributed by atoms with Crippen LogP contribution in [0.1, 0.15) is 61.7 Å². The number of benzene rings is 1. The highest BCUT2D eigenvalue weighted by molar-refractivity contribution is 5.94. The van der Waals surface area contributed by atoms with Crippen LogP contribution < -0.4 is 10.1 Å². The Morgan fingerprint density at radius 1 is 1.09 bits per heavy atom. The van der Waals surface area contributed by atoms with Crippen LogP contribution in [0.25, 0.3) is 0 Å². The first-order valence-corrected chi connectivity index (χ1v) is 13.2. The summed E-state index contributed by atoms with van der Waals surface area (Å²) >= 11 is 0. The maximum absolute atomic E-state index is 12.3. The number of rotatable bonds is 7. The van der Waals surface area contributed by atoms with Gasteiger partial charge in [-0.2, -0.15) is 0 Å². The molecule has 5 nitrogen and oxygen atoms in total. The molecule has 1 N–H and O–H groups in total. The average Bonchev–Trinajstić information content (AvgIpc) is 2.83. The molecule has 3 aliphatic heterocycles. The molecule has 35 heavy (non-hydrogen) atoms. The molecule has 8 heteroatoms. The topological polar surface area (TPSA) is 44.8 Å². The number of alkyl halides is 3. The minimum atomic E-state index is -4.74. The summed E-state index contributed by atoms with van der Waals surface area (Å²) < 4.78 is 40.7. The van der Waals surface area contributed by atoms with Crippen molar-refractivity contribution in [2.75, 3.05) is 32.7 Å². The number of unbranched alkanes of at least 4 members (excludes halogenated alkanes) is 1. The molecule has 3 heterocycles. The highest BCUT2D eigenvalue weighted by Crippen LogP contribution is 2.45. The summed E-state index contributed by atoms with van der Waals surface area (Å²) in [6.07, 6.45) is 7.75. The third-order valence-electron chi connectivity index (χ3n) is 8.27. The van der Waals surface area contributed by atoms with E-state index in [0.717, 1.165) is 55.9 Å². The minimum absolute atomic E-state index is 0.275. The lowest BCUT2D eigenvalue weighted by atomic mass is 9.68. The molecular formula is C27H36F3N3O2. The van der Waals surface area contributed by atoms with Crippen LogP contribution in [0.4, 0.5) is 13.2 Å². The van der Waals surface area contributed by atoms with Gasteiger partial charge in [0.05, 0.1) is 0 Å². The Morgan fingerprint density at radius 3 is 2.71 bits per heavy atom. The van der Waals surface area contributed by atoms with E-state index in [4.69, 9.17) is 0 Å². The molecule has 3 fully saturated rings. The van der Waals surface area contributed by atoms with Crippen molar-refractivity contribution >= 4 is 5.91 Å². The number of amides is 1. The predicted molar refractivity (Wildman–Crippen MR) is 128 cm³/mol. The number of likely N-dealkylation sites (tertiary alicyclic amines) is 1. The van der Waals surface area contributed by atoms with E-state index in [1.54, 1.807) is 5.57 Å². The normalized spacial score (nSPS) is 29.1. The molecule has 3 saturated heterocycles.